The number of hydrogen-bond donors (Lipinski definition) is 2. The largest absolute Gasteiger partial charge is 0.378 e. The van der Waals surface area contributed by atoms with Gasteiger partial charge < -0.3 is 15.5 Å². The maximum Gasteiger partial charge on any atom is 0.270 e. The second-order valence-corrected chi connectivity index (χ2v) is 7.66. The highest BCUT2D eigenvalue weighted by atomic mass is 16.1. The lowest BCUT2D eigenvalue weighted by molar-refractivity contribution is 0.0934. The fourth-order valence-electron chi connectivity index (χ4n) is 3.14. The Hall–Kier alpha value is -2.60. The van der Waals surface area contributed by atoms with Crippen LogP contribution >= 0.6 is 0 Å². The molecule has 6 nitrogen and oxygen atoms in total. The fourth-order valence-corrected chi connectivity index (χ4v) is 3.14. The van der Waals surface area contributed by atoms with Gasteiger partial charge in [-0.15, -0.1) is 0 Å². The molecule has 28 heavy (non-hydrogen) atoms. The van der Waals surface area contributed by atoms with E-state index >= 15 is 0 Å². The topological polar surface area (TPSA) is 60.5 Å². The first-order chi connectivity index (χ1) is 13.3. The second kappa shape index (κ2) is 10.1. The van der Waals surface area contributed by atoms with Gasteiger partial charge in [-0.3, -0.25) is 9.69 Å². The van der Waals surface area contributed by atoms with Gasteiger partial charge in [0.15, 0.2) is 0 Å². The predicted molar refractivity (Wildman–Crippen MR) is 118 cm³/mol. The summed E-state index contributed by atoms with van der Waals surface area (Å²) in [6.07, 6.45) is 0. The zero-order valence-electron chi connectivity index (χ0n) is 17.9. The molecule has 0 aliphatic carbocycles. The molecule has 2 N–H and O–H groups in total. The first-order valence-electron chi connectivity index (χ1n) is 9.83. The highest BCUT2D eigenvalue weighted by molar-refractivity contribution is 5.92. The van der Waals surface area contributed by atoms with E-state index in [4.69, 9.17) is 0 Å². The number of anilines is 3. The van der Waals surface area contributed by atoms with Gasteiger partial charge >= 0.3 is 0 Å². The molecule has 0 unspecified atom stereocenters. The molecule has 0 saturated heterocycles. The van der Waals surface area contributed by atoms with Crippen LogP contribution in [0.1, 0.15) is 38.2 Å². The lowest BCUT2D eigenvalue weighted by Gasteiger charge is -2.30. The number of amides is 1. The average Bonchev–Trinajstić information content (AvgIpc) is 2.64. The van der Waals surface area contributed by atoms with Crippen LogP contribution in [-0.2, 0) is 0 Å². The van der Waals surface area contributed by atoms with Crippen LogP contribution in [0.5, 0.6) is 0 Å². The van der Waals surface area contributed by atoms with Crippen LogP contribution in [0.25, 0.3) is 0 Å². The van der Waals surface area contributed by atoms with Gasteiger partial charge in [-0.05, 0) is 58.0 Å². The molecule has 1 aromatic heterocycles. The summed E-state index contributed by atoms with van der Waals surface area (Å²) in [5.41, 5.74) is 2.44. The van der Waals surface area contributed by atoms with E-state index in [1.807, 2.05) is 55.4 Å². The van der Waals surface area contributed by atoms with Crippen LogP contribution in [0.15, 0.2) is 42.5 Å². The Labute approximate surface area is 169 Å². The van der Waals surface area contributed by atoms with E-state index in [1.54, 1.807) is 6.07 Å². The summed E-state index contributed by atoms with van der Waals surface area (Å²) >= 11 is 0. The van der Waals surface area contributed by atoms with Crippen molar-refractivity contribution < 1.29 is 4.79 Å². The molecule has 0 bridgehead atoms. The van der Waals surface area contributed by atoms with Crippen molar-refractivity contribution in [3.63, 3.8) is 0 Å². The third kappa shape index (κ3) is 6.23. The van der Waals surface area contributed by atoms with Crippen LogP contribution in [0.4, 0.5) is 17.2 Å². The van der Waals surface area contributed by atoms with Crippen molar-refractivity contribution in [2.24, 2.45) is 0 Å². The van der Waals surface area contributed by atoms with Crippen molar-refractivity contribution in [1.82, 2.24) is 15.2 Å². The number of benzene rings is 1. The number of aromatic nitrogens is 1. The van der Waals surface area contributed by atoms with Gasteiger partial charge in [-0.2, -0.15) is 0 Å². The zero-order chi connectivity index (χ0) is 20.7. The number of carbonyl (C=O) groups is 1. The quantitative estimate of drug-likeness (QED) is 0.691. The molecule has 2 rings (SSSR count). The van der Waals surface area contributed by atoms with E-state index < -0.39 is 0 Å². The number of carbonyl (C=O) groups excluding carboxylic acids is 1. The lowest BCUT2D eigenvalue weighted by atomic mass is 10.2. The minimum atomic E-state index is -0.154. The minimum Gasteiger partial charge on any atom is -0.378 e. The number of nitrogens with zero attached hydrogens (tertiary/aromatic N) is 3. The first-order valence-corrected chi connectivity index (χ1v) is 9.83. The van der Waals surface area contributed by atoms with Crippen LogP contribution < -0.4 is 15.5 Å². The van der Waals surface area contributed by atoms with Gasteiger partial charge in [0.05, 0.1) is 0 Å². The fraction of sp³-hybridized carbons (Fsp3) is 0.455. The van der Waals surface area contributed by atoms with Crippen molar-refractivity contribution in [2.75, 3.05) is 37.4 Å². The summed E-state index contributed by atoms with van der Waals surface area (Å²) in [7, 11) is 4.00. The summed E-state index contributed by atoms with van der Waals surface area (Å²) in [5.74, 6) is 0.493. The highest BCUT2D eigenvalue weighted by Gasteiger charge is 2.14. The lowest BCUT2D eigenvalue weighted by Crippen LogP contribution is -2.42. The predicted octanol–water partition coefficient (Wildman–Crippen LogP) is 3.74. The number of rotatable bonds is 9. The summed E-state index contributed by atoms with van der Waals surface area (Å²) in [6, 6.07) is 14.4. The van der Waals surface area contributed by atoms with Gasteiger partial charge in [0.25, 0.3) is 5.91 Å². The molecule has 0 atom stereocenters. The van der Waals surface area contributed by atoms with Gasteiger partial charge in [0.2, 0.25) is 0 Å². The normalized spacial score (nSPS) is 11.2. The summed E-state index contributed by atoms with van der Waals surface area (Å²) in [4.78, 5) is 21.3. The first kappa shape index (κ1) is 21.7. The van der Waals surface area contributed by atoms with Crippen LogP contribution in [0.2, 0.25) is 0 Å². The molecule has 0 aliphatic heterocycles. The molecule has 152 valence electrons. The van der Waals surface area contributed by atoms with Crippen LogP contribution in [0, 0.1) is 0 Å². The van der Waals surface area contributed by atoms with Gasteiger partial charge in [0.1, 0.15) is 11.5 Å². The molecule has 0 spiro atoms. The zero-order valence-corrected chi connectivity index (χ0v) is 17.9. The molecule has 0 aliphatic rings. The highest BCUT2D eigenvalue weighted by Crippen LogP contribution is 2.20. The molecule has 0 radical (unpaired) electrons. The summed E-state index contributed by atoms with van der Waals surface area (Å²) in [5, 5.41) is 6.25. The van der Waals surface area contributed by atoms with Crippen LogP contribution in [0.3, 0.4) is 0 Å². The second-order valence-electron chi connectivity index (χ2n) is 7.66. The Kier molecular flexibility index (Phi) is 7.81. The molecular formula is C22H33N5O. The van der Waals surface area contributed by atoms with E-state index in [-0.39, 0.29) is 5.91 Å². The Bertz CT molecular complexity index is 765. The summed E-state index contributed by atoms with van der Waals surface area (Å²) < 4.78 is 0. The summed E-state index contributed by atoms with van der Waals surface area (Å²) in [6.45, 7) is 10.1. The molecule has 0 saturated carbocycles. The van der Waals surface area contributed by atoms with E-state index in [1.165, 1.54) is 0 Å². The average molecular weight is 384 g/mol. The van der Waals surface area contributed by atoms with E-state index in [0.29, 0.717) is 30.1 Å². The number of pyridine rings is 1. The van der Waals surface area contributed by atoms with Gasteiger partial charge in [-0.1, -0.05) is 12.1 Å². The van der Waals surface area contributed by atoms with Crippen molar-refractivity contribution in [2.45, 2.75) is 39.8 Å². The Balaban J connectivity index is 1.98. The standard InChI is InChI=1S/C22H33N5O/c1-16(2)27(17(3)4)14-13-23-22(28)20-11-8-12-21(25-20)24-18-9-7-10-19(15-18)26(5)6/h7-12,15-17H,13-14H2,1-6H3,(H,23,28)(H,24,25). The number of nitrogens with one attached hydrogen (secondary N) is 2. The van der Waals surface area contributed by atoms with Crippen molar-refractivity contribution in [3.8, 4) is 0 Å². The Morgan fingerprint density at radius 1 is 1.04 bits per heavy atom. The molecular weight excluding hydrogens is 350 g/mol. The van der Waals surface area contributed by atoms with Crippen molar-refractivity contribution in [1.29, 1.82) is 0 Å². The molecule has 1 aromatic carbocycles. The Morgan fingerprint density at radius 2 is 1.71 bits per heavy atom. The van der Waals surface area contributed by atoms with E-state index in [0.717, 1.165) is 17.9 Å². The molecule has 0 fully saturated rings. The molecule has 2 aromatic rings. The van der Waals surface area contributed by atoms with Crippen molar-refractivity contribution >= 4 is 23.1 Å². The van der Waals surface area contributed by atoms with Crippen molar-refractivity contribution in [3.05, 3.63) is 48.2 Å². The van der Waals surface area contributed by atoms with Gasteiger partial charge in [-0.25, -0.2) is 4.98 Å². The maximum atomic E-state index is 12.5. The third-order valence-electron chi connectivity index (χ3n) is 4.60. The SMILES string of the molecule is CC(C)N(CCNC(=O)c1cccc(Nc2cccc(N(C)C)c2)n1)C(C)C. The van der Waals surface area contributed by atoms with E-state index in [2.05, 4.69) is 48.2 Å². The molecule has 6 heteroatoms. The maximum absolute atomic E-state index is 12.5. The molecule has 1 amide bonds. The van der Waals surface area contributed by atoms with E-state index in [9.17, 15) is 4.79 Å². The van der Waals surface area contributed by atoms with Gasteiger partial charge in [0, 0.05) is 50.6 Å². The Morgan fingerprint density at radius 3 is 2.36 bits per heavy atom. The van der Waals surface area contributed by atoms with Crippen LogP contribution in [-0.4, -0.2) is 55.1 Å². The monoisotopic (exact) mass is 383 g/mol. The minimum absolute atomic E-state index is 0.154. The number of hydrogen-bond acceptors (Lipinski definition) is 5. The third-order valence-corrected chi connectivity index (χ3v) is 4.60. The smallest absolute Gasteiger partial charge is 0.270 e. The molecule has 1 heterocycles.